The normalized spacial score (nSPS) is 15.6. The van der Waals surface area contributed by atoms with Gasteiger partial charge in [0.05, 0.1) is 5.88 Å². The summed E-state index contributed by atoms with van der Waals surface area (Å²) in [4.78, 5) is 0.872. The monoisotopic (exact) mass is 313 g/mol. The van der Waals surface area contributed by atoms with Crippen molar-refractivity contribution in [2.24, 2.45) is 0 Å². The number of alkyl halides is 1. The third kappa shape index (κ3) is 2.31. The summed E-state index contributed by atoms with van der Waals surface area (Å²) in [6.45, 7) is 0.902. The second-order valence-corrected chi connectivity index (χ2v) is 8.00. The molecule has 2 heterocycles. The molecule has 1 aliphatic heterocycles. The van der Waals surface area contributed by atoms with Crippen LogP contribution in [0.15, 0.2) is 40.6 Å². The maximum absolute atomic E-state index is 12.5. The molecule has 1 aliphatic rings. The molecule has 1 aromatic heterocycles. The first-order valence-electron chi connectivity index (χ1n) is 5.83. The molecule has 6 heteroatoms. The molecular formula is C13H12ClNO2S2. The predicted octanol–water partition coefficient (Wildman–Crippen LogP) is 3.19. The van der Waals surface area contributed by atoms with Gasteiger partial charge in [-0.05, 0) is 23.3 Å². The van der Waals surface area contributed by atoms with E-state index in [2.05, 4.69) is 0 Å². The molecule has 0 aliphatic carbocycles. The SMILES string of the molecule is O=S(=O)(c1ccc(CCl)s1)N1Cc2ccccc2C1. The summed E-state index contributed by atoms with van der Waals surface area (Å²) >= 11 is 6.97. The molecule has 0 fully saturated rings. The van der Waals surface area contributed by atoms with Crippen LogP contribution in [-0.4, -0.2) is 12.7 Å². The van der Waals surface area contributed by atoms with Crippen LogP contribution >= 0.6 is 22.9 Å². The summed E-state index contributed by atoms with van der Waals surface area (Å²) < 4.78 is 26.9. The Labute approximate surface area is 121 Å². The van der Waals surface area contributed by atoms with Gasteiger partial charge in [-0.3, -0.25) is 0 Å². The molecule has 0 spiro atoms. The van der Waals surface area contributed by atoms with Crippen molar-refractivity contribution in [3.05, 3.63) is 52.4 Å². The molecule has 2 aromatic rings. The van der Waals surface area contributed by atoms with Crippen LogP contribution in [0.4, 0.5) is 0 Å². The molecule has 0 saturated heterocycles. The lowest BCUT2D eigenvalue weighted by Gasteiger charge is -2.13. The Bertz CT molecular complexity index is 684. The van der Waals surface area contributed by atoms with Crippen molar-refractivity contribution in [1.82, 2.24) is 4.31 Å². The number of nitrogens with zero attached hydrogens (tertiary/aromatic N) is 1. The molecule has 0 radical (unpaired) electrons. The number of rotatable bonds is 3. The van der Waals surface area contributed by atoms with Gasteiger partial charge in [0.15, 0.2) is 0 Å². The van der Waals surface area contributed by atoms with Gasteiger partial charge in [0.25, 0.3) is 10.0 Å². The molecule has 100 valence electrons. The molecule has 0 atom stereocenters. The van der Waals surface area contributed by atoms with Crippen LogP contribution in [0.5, 0.6) is 0 Å². The largest absolute Gasteiger partial charge is 0.253 e. The standard InChI is InChI=1S/C13H12ClNO2S2/c14-7-12-5-6-13(18-12)19(16,17)15-8-10-3-1-2-4-11(10)9-15/h1-6H,7-9H2. The molecule has 0 saturated carbocycles. The molecule has 3 nitrogen and oxygen atoms in total. The molecule has 0 unspecified atom stereocenters. The fourth-order valence-electron chi connectivity index (χ4n) is 2.17. The van der Waals surface area contributed by atoms with Crippen LogP contribution < -0.4 is 0 Å². The summed E-state index contributed by atoms with van der Waals surface area (Å²) in [7, 11) is -3.40. The highest BCUT2D eigenvalue weighted by atomic mass is 35.5. The van der Waals surface area contributed by atoms with Gasteiger partial charge in [-0.25, -0.2) is 8.42 Å². The number of hydrogen-bond donors (Lipinski definition) is 0. The van der Waals surface area contributed by atoms with Crippen LogP contribution in [0.3, 0.4) is 0 Å². The third-order valence-corrected chi connectivity index (χ3v) is 6.97. The van der Waals surface area contributed by atoms with Crippen molar-refractivity contribution in [1.29, 1.82) is 0 Å². The van der Waals surface area contributed by atoms with Gasteiger partial charge in [-0.1, -0.05) is 24.3 Å². The maximum atomic E-state index is 12.5. The minimum absolute atomic E-state index is 0.348. The highest BCUT2D eigenvalue weighted by Gasteiger charge is 2.31. The van der Waals surface area contributed by atoms with Crippen molar-refractivity contribution in [2.75, 3.05) is 0 Å². The zero-order valence-electron chi connectivity index (χ0n) is 10.0. The highest BCUT2D eigenvalue weighted by Crippen LogP contribution is 2.31. The van der Waals surface area contributed by atoms with Gasteiger partial charge in [0.2, 0.25) is 0 Å². The number of thiophene rings is 1. The Morgan fingerprint density at radius 1 is 1.11 bits per heavy atom. The van der Waals surface area contributed by atoms with E-state index in [1.54, 1.807) is 12.1 Å². The maximum Gasteiger partial charge on any atom is 0.253 e. The van der Waals surface area contributed by atoms with E-state index in [0.29, 0.717) is 23.2 Å². The van der Waals surface area contributed by atoms with Gasteiger partial charge >= 0.3 is 0 Å². The van der Waals surface area contributed by atoms with Crippen molar-refractivity contribution in [3.63, 3.8) is 0 Å². The van der Waals surface area contributed by atoms with E-state index in [1.165, 1.54) is 15.6 Å². The predicted molar refractivity (Wildman–Crippen MR) is 76.8 cm³/mol. The Morgan fingerprint density at radius 3 is 2.26 bits per heavy atom. The lowest BCUT2D eigenvalue weighted by Crippen LogP contribution is -2.24. The first-order chi connectivity index (χ1) is 9.11. The summed E-state index contributed by atoms with van der Waals surface area (Å²) in [6.07, 6.45) is 0. The quantitative estimate of drug-likeness (QED) is 0.816. The summed E-state index contributed by atoms with van der Waals surface area (Å²) in [5.74, 6) is 0.348. The fourth-order valence-corrected chi connectivity index (χ4v) is 5.18. The van der Waals surface area contributed by atoms with Gasteiger partial charge < -0.3 is 0 Å². The average Bonchev–Trinajstić information content (AvgIpc) is 3.05. The number of sulfonamides is 1. The fraction of sp³-hybridized carbons (Fsp3) is 0.231. The zero-order chi connectivity index (χ0) is 13.5. The van der Waals surface area contributed by atoms with Gasteiger partial charge in [-0.2, -0.15) is 4.31 Å². The topological polar surface area (TPSA) is 37.4 Å². The van der Waals surface area contributed by atoms with E-state index >= 15 is 0 Å². The molecule has 3 rings (SSSR count). The zero-order valence-corrected chi connectivity index (χ0v) is 12.4. The summed E-state index contributed by atoms with van der Waals surface area (Å²) in [5.41, 5.74) is 2.17. The van der Waals surface area contributed by atoms with Crippen molar-refractivity contribution in [3.8, 4) is 0 Å². The van der Waals surface area contributed by atoms with E-state index in [0.717, 1.165) is 16.0 Å². The van der Waals surface area contributed by atoms with E-state index in [-0.39, 0.29) is 0 Å². The smallest absolute Gasteiger partial charge is 0.206 e. The molecule has 19 heavy (non-hydrogen) atoms. The second-order valence-electron chi connectivity index (χ2n) is 4.40. The van der Waals surface area contributed by atoms with Crippen LogP contribution in [-0.2, 0) is 29.0 Å². The van der Waals surface area contributed by atoms with E-state index in [1.807, 2.05) is 24.3 Å². The first-order valence-corrected chi connectivity index (χ1v) is 8.62. The van der Waals surface area contributed by atoms with E-state index in [9.17, 15) is 8.42 Å². The van der Waals surface area contributed by atoms with Gasteiger partial charge in [-0.15, -0.1) is 22.9 Å². The lowest BCUT2D eigenvalue weighted by molar-refractivity contribution is 0.433. The minimum atomic E-state index is -3.40. The second kappa shape index (κ2) is 4.90. The van der Waals surface area contributed by atoms with Gasteiger partial charge in [0.1, 0.15) is 4.21 Å². The van der Waals surface area contributed by atoms with Crippen LogP contribution in [0.2, 0.25) is 0 Å². The Morgan fingerprint density at radius 2 is 1.74 bits per heavy atom. The molecule has 1 aromatic carbocycles. The van der Waals surface area contributed by atoms with Gasteiger partial charge in [0, 0.05) is 18.0 Å². The molecule has 0 bridgehead atoms. The molecular weight excluding hydrogens is 302 g/mol. The number of halogens is 1. The molecule has 0 N–H and O–H groups in total. The Kier molecular flexibility index (Phi) is 3.39. The van der Waals surface area contributed by atoms with Crippen LogP contribution in [0.25, 0.3) is 0 Å². The summed E-state index contributed by atoms with van der Waals surface area (Å²) in [6, 6.07) is 11.2. The number of hydrogen-bond acceptors (Lipinski definition) is 3. The Hall–Kier alpha value is -0.880. The lowest BCUT2D eigenvalue weighted by atomic mass is 10.1. The first kappa shape index (κ1) is 13.1. The highest BCUT2D eigenvalue weighted by molar-refractivity contribution is 7.91. The minimum Gasteiger partial charge on any atom is -0.206 e. The molecule has 0 amide bonds. The van der Waals surface area contributed by atoms with Crippen LogP contribution in [0, 0.1) is 0 Å². The van der Waals surface area contributed by atoms with E-state index < -0.39 is 10.0 Å². The van der Waals surface area contributed by atoms with Crippen LogP contribution in [0.1, 0.15) is 16.0 Å². The van der Waals surface area contributed by atoms with E-state index in [4.69, 9.17) is 11.6 Å². The number of fused-ring (bicyclic) bond motifs is 1. The van der Waals surface area contributed by atoms with Crippen molar-refractivity contribution in [2.45, 2.75) is 23.2 Å². The van der Waals surface area contributed by atoms with Crippen molar-refractivity contribution >= 4 is 33.0 Å². The number of benzene rings is 1. The summed E-state index contributed by atoms with van der Waals surface area (Å²) in [5, 5.41) is 0. The third-order valence-electron chi connectivity index (χ3n) is 3.17. The average molecular weight is 314 g/mol. The Balaban J connectivity index is 1.91. The van der Waals surface area contributed by atoms with Crippen molar-refractivity contribution < 1.29 is 8.42 Å².